The second kappa shape index (κ2) is 7.29. The minimum absolute atomic E-state index is 0.0777. The van der Waals surface area contributed by atoms with Crippen molar-refractivity contribution in [3.63, 3.8) is 0 Å². The lowest BCUT2D eigenvalue weighted by Crippen LogP contribution is -2.70. The first-order valence-corrected chi connectivity index (χ1v) is 8.21. The summed E-state index contributed by atoms with van der Waals surface area (Å²) in [4.78, 5) is 13.9. The lowest BCUT2D eigenvalue weighted by atomic mass is 9.92. The first-order valence-electron chi connectivity index (χ1n) is 8.21. The van der Waals surface area contributed by atoms with E-state index in [1.165, 1.54) is 7.11 Å². The van der Waals surface area contributed by atoms with E-state index in [-0.39, 0.29) is 18.1 Å². The fraction of sp³-hybridized carbons (Fsp3) is 0.450. The van der Waals surface area contributed by atoms with Crippen LogP contribution >= 0.6 is 0 Å². The van der Waals surface area contributed by atoms with Crippen LogP contribution in [0.15, 0.2) is 30.3 Å². The van der Waals surface area contributed by atoms with Gasteiger partial charge in [-0.2, -0.15) is 0 Å². The number of carbonyl (C=O) groups excluding carboxylic acids is 1. The molecule has 2 aliphatic heterocycles. The Morgan fingerprint density at radius 1 is 1.28 bits per heavy atom. The Balaban J connectivity index is 1.62. The standard InChI is InChI=1S/C20H21NO4/c1-20(2)24-14-16(25-20)17-18(23-3)19(22)21(17)13-9-5-8-12-15-10-6-4-7-11-15/h4,6-7,10-11,16-18H,13-14H2,1-3H3/t16-,17+,18-/m1/s1. The first kappa shape index (κ1) is 17.5. The summed E-state index contributed by atoms with van der Waals surface area (Å²) < 4.78 is 16.8. The highest BCUT2D eigenvalue weighted by Gasteiger charge is 2.54. The van der Waals surface area contributed by atoms with E-state index in [1.807, 2.05) is 44.2 Å². The number of hydrogen-bond acceptors (Lipinski definition) is 4. The average Bonchev–Trinajstić information content (AvgIpc) is 2.95. The quantitative estimate of drug-likeness (QED) is 0.617. The van der Waals surface area contributed by atoms with Crippen LogP contribution in [0.5, 0.6) is 0 Å². The topological polar surface area (TPSA) is 48.0 Å². The lowest BCUT2D eigenvalue weighted by Gasteiger charge is -2.47. The van der Waals surface area contributed by atoms with Gasteiger partial charge in [0.15, 0.2) is 11.9 Å². The Labute approximate surface area is 148 Å². The van der Waals surface area contributed by atoms with Gasteiger partial charge in [-0.1, -0.05) is 30.0 Å². The third-order valence-corrected chi connectivity index (χ3v) is 4.24. The van der Waals surface area contributed by atoms with Crippen molar-refractivity contribution in [2.45, 2.75) is 37.9 Å². The molecule has 5 nitrogen and oxygen atoms in total. The Bertz CT molecular complexity index is 751. The summed E-state index contributed by atoms with van der Waals surface area (Å²) >= 11 is 0. The van der Waals surface area contributed by atoms with Gasteiger partial charge >= 0.3 is 0 Å². The van der Waals surface area contributed by atoms with E-state index in [0.29, 0.717) is 13.2 Å². The number of likely N-dealkylation sites (tertiary alicyclic amines) is 1. The molecular formula is C20H21NO4. The van der Waals surface area contributed by atoms with Crippen molar-refractivity contribution in [2.75, 3.05) is 20.3 Å². The predicted molar refractivity (Wildman–Crippen MR) is 92.3 cm³/mol. The molecule has 0 unspecified atom stereocenters. The van der Waals surface area contributed by atoms with E-state index >= 15 is 0 Å². The molecule has 0 bridgehead atoms. The summed E-state index contributed by atoms with van der Waals surface area (Å²) in [5, 5.41) is 0. The van der Waals surface area contributed by atoms with Crippen LogP contribution in [0.25, 0.3) is 0 Å². The van der Waals surface area contributed by atoms with E-state index < -0.39 is 11.9 Å². The van der Waals surface area contributed by atoms with Crippen LogP contribution in [-0.2, 0) is 19.0 Å². The van der Waals surface area contributed by atoms with Crippen molar-refractivity contribution in [2.24, 2.45) is 0 Å². The van der Waals surface area contributed by atoms with Crippen LogP contribution in [0, 0.1) is 23.7 Å². The zero-order valence-corrected chi connectivity index (χ0v) is 14.6. The molecule has 2 aliphatic rings. The summed E-state index contributed by atoms with van der Waals surface area (Å²) in [7, 11) is 1.53. The molecule has 0 saturated carbocycles. The van der Waals surface area contributed by atoms with Crippen molar-refractivity contribution in [3.05, 3.63) is 35.9 Å². The average molecular weight is 339 g/mol. The fourth-order valence-corrected chi connectivity index (χ4v) is 3.03. The third-order valence-electron chi connectivity index (χ3n) is 4.24. The van der Waals surface area contributed by atoms with Crippen molar-refractivity contribution in [3.8, 4) is 23.7 Å². The summed E-state index contributed by atoms with van der Waals surface area (Å²) in [6.07, 6.45) is -0.713. The second-order valence-electron chi connectivity index (χ2n) is 6.40. The number of benzene rings is 1. The van der Waals surface area contributed by atoms with Gasteiger partial charge in [0.2, 0.25) is 0 Å². The highest BCUT2D eigenvalue weighted by molar-refractivity contribution is 5.89. The summed E-state index contributed by atoms with van der Waals surface area (Å²) in [6, 6.07) is 9.45. The monoisotopic (exact) mass is 339 g/mol. The maximum absolute atomic E-state index is 12.2. The summed E-state index contributed by atoms with van der Waals surface area (Å²) in [5.41, 5.74) is 0.910. The number of hydrogen-bond donors (Lipinski definition) is 0. The highest BCUT2D eigenvalue weighted by atomic mass is 16.7. The Hall–Kier alpha value is -2.31. The molecule has 0 radical (unpaired) electrons. The van der Waals surface area contributed by atoms with E-state index in [0.717, 1.165) is 5.56 Å². The molecule has 1 aromatic carbocycles. The molecule has 0 spiro atoms. The molecule has 1 aromatic rings. The zero-order chi connectivity index (χ0) is 17.9. The van der Waals surface area contributed by atoms with Gasteiger partial charge in [0.25, 0.3) is 5.91 Å². The first-order chi connectivity index (χ1) is 12.0. The molecule has 0 aromatic heterocycles. The van der Waals surface area contributed by atoms with Gasteiger partial charge in [-0.05, 0) is 37.8 Å². The van der Waals surface area contributed by atoms with Crippen LogP contribution in [0.2, 0.25) is 0 Å². The molecule has 1 amide bonds. The minimum Gasteiger partial charge on any atom is -0.369 e. The SMILES string of the molecule is CO[C@H]1C(=O)N(CC#CC#Cc2ccccc2)[C@H]1[C@H]1COC(C)(C)O1. The van der Waals surface area contributed by atoms with E-state index in [4.69, 9.17) is 14.2 Å². The van der Waals surface area contributed by atoms with Gasteiger partial charge in [0, 0.05) is 12.7 Å². The number of methoxy groups -OCH3 is 1. The van der Waals surface area contributed by atoms with Crippen molar-refractivity contribution >= 4 is 5.91 Å². The maximum Gasteiger partial charge on any atom is 0.255 e. The number of amides is 1. The van der Waals surface area contributed by atoms with Crippen LogP contribution in [0.4, 0.5) is 0 Å². The molecule has 3 atom stereocenters. The van der Waals surface area contributed by atoms with Crippen LogP contribution < -0.4 is 0 Å². The number of β-lactam (4-membered cyclic amide) rings is 1. The van der Waals surface area contributed by atoms with Crippen molar-refractivity contribution in [1.29, 1.82) is 0 Å². The predicted octanol–water partition coefficient (Wildman–Crippen LogP) is 1.42. The van der Waals surface area contributed by atoms with Gasteiger partial charge in [-0.3, -0.25) is 4.79 Å². The minimum atomic E-state index is -0.639. The van der Waals surface area contributed by atoms with E-state index in [2.05, 4.69) is 23.7 Å². The van der Waals surface area contributed by atoms with Crippen LogP contribution in [-0.4, -0.2) is 55.1 Å². The van der Waals surface area contributed by atoms with Gasteiger partial charge in [0.05, 0.1) is 19.2 Å². The summed E-state index contributed by atoms with van der Waals surface area (Å²) in [6.45, 7) is 4.45. The third kappa shape index (κ3) is 3.86. The molecule has 3 rings (SSSR count). The van der Waals surface area contributed by atoms with Crippen molar-refractivity contribution < 1.29 is 19.0 Å². The van der Waals surface area contributed by atoms with Crippen molar-refractivity contribution in [1.82, 2.24) is 4.90 Å². The second-order valence-corrected chi connectivity index (χ2v) is 6.40. The molecular weight excluding hydrogens is 318 g/mol. The smallest absolute Gasteiger partial charge is 0.255 e. The Kier molecular flexibility index (Phi) is 5.11. The Morgan fingerprint density at radius 2 is 2.04 bits per heavy atom. The van der Waals surface area contributed by atoms with Gasteiger partial charge in [-0.25, -0.2) is 0 Å². The van der Waals surface area contributed by atoms with Gasteiger partial charge in [0.1, 0.15) is 6.10 Å². The number of nitrogens with zero attached hydrogens (tertiary/aromatic N) is 1. The normalized spacial score (nSPS) is 26.9. The number of carbonyl (C=O) groups is 1. The van der Waals surface area contributed by atoms with Gasteiger partial charge in [-0.15, -0.1) is 0 Å². The fourth-order valence-electron chi connectivity index (χ4n) is 3.03. The highest BCUT2D eigenvalue weighted by Crippen LogP contribution is 2.33. The molecule has 2 saturated heterocycles. The zero-order valence-electron chi connectivity index (χ0n) is 14.6. The number of rotatable bonds is 3. The maximum atomic E-state index is 12.2. The lowest BCUT2D eigenvalue weighted by molar-refractivity contribution is -0.191. The van der Waals surface area contributed by atoms with Gasteiger partial charge < -0.3 is 19.1 Å². The molecule has 25 heavy (non-hydrogen) atoms. The number of ether oxygens (including phenoxy) is 3. The molecule has 0 aliphatic carbocycles. The molecule has 2 fully saturated rings. The van der Waals surface area contributed by atoms with E-state index in [1.54, 1.807) is 4.90 Å². The molecule has 130 valence electrons. The van der Waals surface area contributed by atoms with Crippen LogP contribution in [0.1, 0.15) is 19.4 Å². The molecule has 5 heteroatoms. The molecule has 2 heterocycles. The largest absolute Gasteiger partial charge is 0.369 e. The summed E-state index contributed by atoms with van der Waals surface area (Å²) in [5.74, 6) is 10.8. The van der Waals surface area contributed by atoms with E-state index in [9.17, 15) is 4.79 Å². The van der Waals surface area contributed by atoms with Crippen LogP contribution in [0.3, 0.4) is 0 Å². The Morgan fingerprint density at radius 3 is 2.68 bits per heavy atom. The molecule has 0 N–H and O–H groups in total.